The second kappa shape index (κ2) is 5.24. The van der Waals surface area contributed by atoms with Crippen LogP contribution in [-0.2, 0) is 5.41 Å². The van der Waals surface area contributed by atoms with Gasteiger partial charge in [0.15, 0.2) is 4.67 Å². The lowest BCUT2D eigenvalue weighted by molar-refractivity contribution is 0.0369. The van der Waals surface area contributed by atoms with Crippen molar-refractivity contribution in [2.45, 2.75) is 17.9 Å². The van der Waals surface area contributed by atoms with E-state index in [1.54, 1.807) is 12.1 Å². The standard InChI is InChI=1S/C15H16BrNO3/c16-13-6-5-12(20-13)14(18)15(9-17)7-8-19-11-4-2-1-3-10(11)15/h1-6,14,18H,7-9,17H2. The van der Waals surface area contributed by atoms with Crippen molar-refractivity contribution >= 4 is 15.9 Å². The fraction of sp³-hybridized carbons (Fsp3) is 0.333. The van der Waals surface area contributed by atoms with E-state index in [1.807, 2.05) is 24.3 Å². The van der Waals surface area contributed by atoms with E-state index < -0.39 is 11.5 Å². The van der Waals surface area contributed by atoms with Gasteiger partial charge in [0.05, 0.1) is 6.61 Å². The summed E-state index contributed by atoms with van der Waals surface area (Å²) in [4.78, 5) is 0. The Bertz CT molecular complexity index is 613. The molecule has 2 atom stereocenters. The summed E-state index contributed by atoms with van der Waals surface area (Å²) in [5.74, 6) is 1.30. The van der Waals surface area contributed by atoms with Crippen molar-refractivity contribution in [3.63, 3.8) is 0 Å². The molecular formula is C15H16BrNO3. The van der Waals surface area contributed by atoms with E-state index >= 15 is 0 Å². The van der Waals surface area contributed by atoms with Gasteiger partial charge in [0.2, 0.25) is 0 Å². The topological polar surface area (TPSA) is 68.6 Å². The van der Waals surface area contributed by atoms with Gasteiger partial charge in [-0.05, 0) is 40.5 Å². The highest BCUT2D eigenvalue weighted by Gasteiger charge is 2.44. The predicted molar refractivity (Wildman–Crippen MR) is 78.7 cm³/mol. The van der Waals surface area contributed by atoms with Crippen molar-refractivity contribution in [3.05, 3.63) is 52.4 Å². The molecule has 0 bridgehead atoms. The van der Waals surface area contributed by atoms with Crippen molar-refractivity contribution in [3.8, 4) is 5.75 Å². The summed E-state index contributed by atoms with van der Waals surface area (Å²) in [7, 11) is 0. The number of aliphatic hydroxyl groups excluding tert-OH is 1. The number of benzene rings is 1. The zero-order valence-electron chi connectivity index (χ0n) is 10.9. The first-order valence-corrected chi connectivity index (χ1v) is 7.32. The summed E-state index contributed by atoms with van der Waals surface area (Å²) in [6.07, 6.45) is -0.149. The van der Waals surface area contributed by atoms with Gasteiger partial charge in [0, 0.05) is 17.5 Å². The molecule has 0 amide bonds. The number of rotatable bonds is 3. The Hall–Kier alpha value is -1.30. The smallest absolute Gasteiger partial charge is 0.169 e. The van der Waals surface area contributed by atoms with Gasteiger partial charge in [0.1, 0.15) is 17.6 Å². The van der Waals surface area contributed by atoms with E-state index in [0.29, 0.717) is 30.0 Å². The van der Waals surface area contributed by atoms with Gasteiger partial charge in [-0.25, -0.2) is 0 Å². The third-order valence-corrected chi connectivity index (χ3v) is 4.41. The number of para-hydroxylation sites is 1. The Labute approximate surface area is 125 Å². The van der Waals surface area contributed by atoms with E-state index in [4.69, 9.17) is 14.9 Å². The lowest BCUT2D eigenvalue weighted by Crippen LogP contribution is -2.44. The van der Waals surface area contributed by atoms with Gasteiger partial charge in [-0.3, -0.25) is 0 Å². The van der Waals surface area contributed by atoms with E-state index in [0.717, 1.165) is 11.3 Å². The van der Waals surface area contributed by atoms with E-state index in [1.165, 1.54) is 0 Å². The van der Waals surface area contributed by atoms with Crippen molar-refractivity contribution < 1.29 is 14.3 Å². The van der Waals surface area contributed by atoms with Crippen LogP contribution in [0.1, 0.15) is 23.8 Å². The molecule has 4 nitrogen and oxygen atoms in total. The first-order chi connectivity index (χ1) is 9.67. The van der Waals surface area contributed by atoms with E-state index in [-0.39, 0.29) is 0 Å². The molecule has 5 heteroatoms. The molecule has 106 valence electrons. The molecule has 1 aliphatic rings. The monoisotopic (exact) mass is 337 g/mol. The van der Waals surface area contributed by atoms with Gasteiger partial charge >= 0.3 is 0 Å². The molecule has 3 N–H and O–H groups in total. The van der Waals surface area contributed by atoms with Crippen molar-refractivity contribution in [1.29, 1.82) is 0 Å². The lowest BCUT2D eigenvalue weighted by atomic mass is 9.71. The molecular weight excluding hydrogens is 322 g/mol. The van der Waals surface area contributed by atoms with Crippen LogP contribution >= 0.6 is 15.9 Å². The van der Waals surface area contributed by atoms with Crippen molar-refractivity contribution in [2.75, 3.05) is 13.2 Å². The van der Waals surface area contributed by atoms with Crippen LogP contribution in [0.5, 0.6) is 5.75 Å². The highest BCUT2D eigenvalue weighted by Crippen LogP contribution is 2.46. The van der Waals surface area contributed by atoms with Crippen LogP contribution in [0.25, 0.3) is 0 Å². The lowest BCUT2D eigenvalue weighted by Gasteiger charge is -2.40. The third-order valence-electron chi connectivity index (χ3n) is 3.98. The number of fused-ring (bicyclic) bond motifs is 1. The molecule has 3 rings (SSSR count). The molecule has 0 fully saturated rings. The van der Waals surface area contributed by atoms with Crippen LogP contribution in [0.4, 0.5) is 0 Å². The summed E-state index contributed by atoms with van der Waals surface area (Å²) in [5.41, 5.74) is 6.39. The van der Waals surface area contributed by atoms with Crippen LogP contribution in [-0.4, -0.2) is 18.3 Å². The summed E-state index contributed by atoms with van der Waals surface area (Å²) < 4.78 is 11.8. The molecule has 2 unspecified atom stereocenters. The van der Waals surface area contributed by atoms with E-state index in [2.05, 4.69) is 15.9 Å². The van der Waals surface area contributed by atoms with E-state index in [9.17, 15) is 5.11 Å². The third kappa shape index (κ3) is 2.06. The maximum Gasteiger partial charge on any atom is 0.169 e. The first-order valence-electron chi connectivity index (χ1n) is 6.53. The molecule has 0 aliphatic carbocycles. The number of aliphatic hydroxyl groups is 1. The molecule has 20 heavy (non-hydrogen) atoms. The molecule has 2 aromatic rings. The minimum Gasteiger partial charge on any atom is -0.493 e. The molecule has 1 aromatic heterocycles. The Morgan fingerprint density at radius 2 is 2.10 bits per heavy atom. The largest absolute Gasteiger partial charge is 0.493 e. The van der Waals surface area contributed by atoms with Gasteiger partial charge in [-0.1, -0.05) is 18.2 Å². The fourth-order valence-electron chi connectivity index (χ4n) is 2.84. The molecule has 1 aliphatic heterocycles. The van der Waals surface area contributed by atoms with Gasteiger partial charge < -0.3 is 20.0 Å². The molecule has 2 heterocycles. The highest BCUT2D eigenvalue weighted by atomic mass is 79.9. The zero-order valence-corrected chi connectivity index (χ0v) is 12.5. The summed E-state index contributed by atoms with van der Waals surface area (Å²) in [6, 6.07) is 11.3. The molecule has 0 spiro atoms. The summed E-state index contributed by atoms with van der Waals surface area (Å²) >= 11 is 3.26. The van der Waals surface area contributed by atoms with Crippen LogP contribution in [0.15, 0.2) is 45.5 Å². The van der Waals surface area contributed by atoms with Gasteiger partial charge in [0.25, 0.3) is 0 Å². The quantitative estimate of drug-likeness (QED) is 0.903. The average molecular weight is 338 g/mol. The van der Waals surface area contributed by atoms with Gasteiger partial charge in [-0.15, -0.1) is 0 Å². The van der Waals surface area contributed by atoms with Crippen molar-refractivity contribution in [2.24, 2.45) is 5.73 Å². The minimum absolute atomic E-state index is 0.326. The minimum atomic E-state index is -0.802. The number of nitrogens with two attached hydrogens (primary N) is 1. The van der Waals surface area contributed by atoms with Crippen molar-refractivity contribution in [1.82, 2.24) is 0 Å². The Balaban J connectivity index is 2.08. The maximum absolute atomic E-state index is 10.8. The Morgan fingerprint density at radius 3 is 2.80 bits per heavy atom. The van der Waals surface area contributed by atoms with Crippen LogP contribution in [0.3, 0.4) is 0 Å². The molecule has 1 aromatic carbocycles. The number of ether oxygens (including phenoxy) is 1. The highest BCUT2D eigenvalue weighted by molar-refractivity contribution is 9.10. The Morgan fingerprint density at radius 1 is 1.30 bits per heavy atom. The number of hydrogen-bond acceptors (Lipinski definition) is 4. The van der Waals surface area contributed by atoms with Gasteiger partial charge in [-0.2, -0.15) is 0 Å². The number of hydrogen-bond donors (Lipinski definition) is 2. The Kier molecular flexibility index (Phi) is 3.58. The summed E-state index contributed by atoms with van der Waals surface area (Å²) in [5, 5.41) is 10.8. The number of furan rings is 1. The zero-order chi connectivity index (χ0) is 14.2. The maximum atomic E-state index is 10.8. The second-order valence-corrected chi connectivity index (χ2v) is 5.78. The normalized spacial score (nSPS) is 22.9. The van der Waals surface area contributed by atoms with Crippen LogP contribution in [0.2, 0.25) is 0 Å². The molecule has 0 saturated carbocycles. The molecule has 0 radical (unpaired) electrons. The summed E-state index contributed by atoms with van der Waals surface area (Å²) in [6.45, 7) is 0.861. The number of halogens is 1. The van der Waals surface area contributed by atoms with Crippen LogP contribution in [0, 0.1) is 0 Å². The fourth-order valence-corrected chi connectivity index (χ4v) is 3.16. The average Bonchev–Trinajstić information content (AvgIpc) is 2.92. The SMILES string of the molecule is NCC1(C(O)c2ccc(Br)o2)CCOc2ccccc21. The second-order valence-electron chi connectivity index (χ2n) is 5.00. The van der Waals surface area contributed by atoms with Crippen LogP contribution < -0.4 is 10.5 Å². The predicted octanol–water partition coefficient (Wildman–Crippen LogP) is 2.75. The first kappa shape index (κ1) is 13.7. The molecule has 0 saturated heterocycles.